The minimum Gasteiger partial charge on any atom is -0.497 e. The van der Waals surface area contributed by atoms with Gasteiger partial charge in [-0.25, -0.2) is 13.8 Å². The fraction of sp³-hybridized carbons (Fsp3) is 0.318. The van der Waals surface area contributed by atoms with Crippen LogP contribution >= 0.6 is 0 Å². The van der Waals surface area contributed by atoms with E-state index in [1.165, 1.54) is 25.6 Å². The molecular weight excluding hydrogens is 404 g/mol. The van der Waals surface area contributed by atoms with Crippen LogP contribution in [-0.4, -0.2) is 47.6 Å². The summed E-state index contributed by atoms with van der Waals surface area (Å²) in [6.07, 6.45) is 2.71. The molecule has 0 saturated carbocycles. The predicted molar refractivity (Wildman–Crippen MR) is 114 cm³/mol. The van der Waals surface area contributed by atoms with E-state index in [9.17, 15) is 8.78 Å². The van der Waals surface area contributed by atoms with Crippen molar-refractivity contribution in [2.24, 2.45) is 0 Å². The van der Waals surface area contributed by atoms with E-state index in [1.807, 2.05) is 13.8 Å². The number of methoxy groups -OCH3 is 1. The quantitative estimate of drug-likeness (QED) is 0.655. The van der Waals surface area contributed by atoms with E-state index in [-0.39, 0.29) is 23.7 Å². The number of benzene rings is 1. The lowest BCUT2D eigenvalue weighted by atomic mass is 10.1. The van der Waals surface area contributed by atoms with E-state index in [4.69, 9.17) is 9.47 Å². The van der Waals surface area contributed by atoms with E-state index in [2.05, 4.69) is 25.4 Å². The average molecular weight is 427 g/mol. The minimum atomic E-state index is -0.527. The molecule has 31 heavy (non-hydrogen) atoms. The molecule has 0 bridgehead atoms. The van der Waals surface area contributed by atoms with Crippen LogP contribution in [-0.2, 0) is 4.74 Å². The van der Waals surface area contributed by atoms with Crippen LogP contribution in [0.1, 0.15) is 13.8 Å². The van der Waals surface area contributed by atoms with Gasteiger partial charge in [0.25, 0.3) is 0 Å². The molecule has 0 amide bonds. The van der Waals surface area contributed by atoms with Crippen LogP contribution < -0.4 is 15.0 Å². The van der Waals surface area contributed by atoms with Gasteiger partial charge in [-0.1, -0.05) is 0 Å². The van der Waals surface area contributed by atoms with Gasteiger partial charge in [0, 0.05) is 36.3 Å². The van der Waals surface area contributed by atoms with Gasteiger partial charge in [0.1, 0.15) is 17.4 Å². The maximum absolute atomic E-state index is 14.5. The molecule has 1 saturated heterocycles. The van der Waals surface area contributed by atoms with Crippen LogP contribution in [0.25, 0.3) is 11.1 Å². The standard InChI is InChI=1S/C22H23F2N5O2/c1-13-11-29(12-14(2)31-13)22-8-20(19(24)10-25-22)27-21-6-15(9-26-28-21)17-5-4-16(30-3)7-18(17)23/h4-10,13-14H,11-12H2,1-3H3,(H,25,27,28)/t13-,14+. The number of nitrogens with zero attached hydrogens (tertiary/aromatic N) is 4. The zero-order valence-electron chi connectivity index (χ0n) is 17.5. The molecule has 3 heterocycles. The van der Waals surface area contributed by atoms with Crippen molar-refractivity contribution in [2.75, 3.05) is 30.4 Å². The second-order valence-corrected chi connectivity index (χ2v) is 7.48. The van der Waals surface area contributed by atoms with Gasteiger partial charge in [0.15, 0.2) is 11.6 Å². The van der Waals surface area contributed by atoms with Crippen LogP contribution in [0.2, 0.25) is 0 Å². The number of anilines is 3. The highest BCUT2D eigenvalue weighted by Crippen LogP contribution is 2.29. The third-order valence-corrected chi connectivity index (χ3v) is 4.99. The molecule has 3 aromatic rings. The Balaban J connectivity index is 1.59. The summed E-state index contributed by atoms with van der Waals surface area (Å²) in [6.45, 7) is 5.30. The highest BCUT2D eigenvalue weighted by atomic mass is 19.1. The van der Waals surface area contributed by atoms with Crippen LogP contribution in [0.3, 0.4) is 0 Å². The molecule has 2 atom stereocenters. The number of ether oxygens (including phenoxy) is 2. The highest BCUT2D eigenvalue weighted by molar-refractivity contribution is 5.69. The van der Waals surface area contributed by atoms with Crippen molar-refractivity contribution in [2.45, 2.75) is 26.1 Å². The maximum atomic E-state index is 14.5. The fourth-order valence-corrected chi connectivity index (χ4v) is 3.63. The van der Waals surface area contributed by atoms with E-state index < -0.39 is 11.6 Å². The molecule has 4 rings (SSSR count). The summed E-state index contributed by atoms with van der Waals surface area (Å²) in [7, 11) is 1.47. The minimum absolute atomic E-state index is 0.0500. The number of hydrogen-bond acceptors (Lipinski definition) is 7. The van der Waals surface area contributed by atoms with Gasteiger partial charge in [-0.3, -0.25) is 0 Å². The van der Waals surface area contributed by atoms with Crippen molar-refractivity contribution in [3.05, 3.63) is 54.4 Å². The van der Waals surface area contributed by atoms with Crippen LogP contribution in [0.4, 0.5) is 26.1 Å². The zero-order valence-corrected chi connectivity index (χ0v) is 17.5. The molecule has 0 radical (unpaired) electrons. The second kappa shape index (κ2) is 8.81. The average Bonchev–Trinajstić information content (AvgIpc) is 2.74. The van der Waals surface area contributed by atoms with Gasteiger partial charge in [-0.15, -0.1) is 5.10 Å². The highest BCUT2D eigenvalue weighted by Gasteiger charge is 2.24. The molecule has 0 unspecified atom stereocenters. The number of morpholine rings is 1. The monoisotopic (exact) mass is 427 g/mol. The Morgan fingerprint density at radius 3 is 2.55 bits per heavy atom. The smallest absolute Gasteiger partial charge is 0.165 e. The second-order valence-electron chi connectivity index (χ2n) is 7.48. The summed E-state index contributed by atoms with van der Waals surface area (Å²) in [5.74, 6) is 0.357. The Hall–Kier alpha value is -3.33. The Morgan fingerprint density at radius 1 is 1.06 bits per heavy atom. The van der Waals surface area contributed by atoms with E-state index in [0.29, 0.717) is 35.8 Å². The molecule has 1 aliphatic rings. The van der Waals surface area contributed by atoms with Crippen LogP contribution in [0.15, 0.2) is 42.7 Å². The summed E-state index contributed by atoms with van der Waals surface area (Å²) in [5, 5.41) is 10.9. The SMILES string of the molecule is COc1ccc(-c2cnnc(Nc3cc(N4C[C@@H](C)O[C@@H](C)C4)ncc3F)c2)c(F)c1. The Labute approximate surface area is 179 Å². The molecule has 1 N–H and O–H groups in total. The first-order valence-electron chi connectivity index (χ1n) is 9.92. The number of hydrogen-bond donors (Lipinski definition) is 1. The van der Waals surface area contributed by atoms with Crippen LogP contribution in [0.5, 0.6) is 5.75 Å². The van der Waals surface area contributed by atoms with Crippen LogP contribution in [0, 0.1) is 11.6 Å². The van der Waals surface area contributed by atoms with Gasteiger partial charge < -0.3 is 19.7 Å². The molecule has 1 fully saturated rings. The molecular formula is C22H23F2N5O2. The summed E-state index contributed by atoms with van der Waals surface area (Å²) in [6, 6.07) is 7.78. The number of nitrogens with one attached hydrogen (secondary N) is 1. The number of rotatable bonds is 5. The molecule has 7 nitrogen and oxygen atoms in total. The van der Waals surface area contributed by atoms with Gasteiger partial charge in [-0.2, -0.15) is 5.10 Å². The van der Waals surface area contributed by atoms with E-state index in [0.717, 1.165) is 0 Å². The van der Waals surface area contributed by atoms with Crippen molar-refractivity contribution in [1.29, 1.82) is 0 Å². The Kier molecular flexibility index (Phi) is 5.94. The van der Waals surface area contributed by atoms with Gasteiger partial charge in [0.2, 0.25) is 0 Å². The largest absolute Gasteiger partial charge is 0.497 e. The third kappa shape index (κ3) is 4.72. The summed E-state index contributed by atoms with van der Waals surface area (Å²) in [5.41, 5.74) is 1.05. The first kappa shape index (κ1) is 20.9. The lowest BCUT2D eigenvalue weighted by Crippen LogP contribution is -2.45. The molecule has 162 valence electrons. The number of pyridine rings is 1. The lowest BCUT2D eigenvalue weighted by Gasteiger charge is -2.36. The fourth-order valence-electron chi connectivity index (χ4n) is 3.63. The van der Waals surface area contributed by atoms with Gasteiger partial charge >= 0.3 is 0 Å². The predicted octanol–water partition coefficient (Wildman–Crippen LogP) is 4.18. The van der Waals surface area contributed by atoms with Crippen molar-refractivity contribution >= 4 is 17.3 Å². The van der Waals surface area contributed by atoms with Gasteiger partial charge in [0.05, 0.1) is 37.4 Å². The van der Waals surface area contributed by atoms with E-state index in [1.54, 1.807) is 24.3 Å². The molecule has 9 heteroatoms. The first-order chi connectivity index (χ1) is 14.9. The number of halogens is 2. The maximum Gasteiger partial charge on any atom is 0.165 e. The normalized spacial score (nSPS) is 18.7. The number of aromatic nitrogens is 3. The molecule has 0 spiro atoms. The van der Waals surface area contributed by atoms with E-state index >= 15 is 0 Å². The summed E-state index contributed by atoms with van der Waals surface area (Å²) >= 11 is 0. The summed E-state index contributed by atoms with van der Waals surface area (Å²) < 4.78 is 39.7. The zero-order chi connectivity index (χ0) is 22.0. The lowest BCUT2D eigenvalue weighted by molar-refractivity contribution is -0.00546. The van der Waals surface area contributed by atoms with Crippen molar-refractivity contribution in [1.82, 2.24) is 15.2 Å². The van der Waals surface area contributed by atoms with Crippen molar-refractivity contribution in [3.63, 3.8) is 0 Å². The molecule has 2 aromatic heterocycles. The van der Waals surface area contributed by atoms with Crippen molar-refractivity contribution in [3.8, 4) is 16.9 Å². The Bertz CT molecular complexity index is 1070. The van der Waals surface area contributed by atoms with Gasteiger partial charge in [-0.05, 0) is 32.0 Å². The topological polar surface area (TPSA) is 72.4 Å². The molecule has 0 aliphatic carbocycles. The first-order valence-corrected chi connectivity index (χ1v) is 9.92. The summed E-state index contributed by atoms with van der Waals surface area (Å²) in [4.78, 5) is 6.28. The Morgan fingerprint density at radius 2 is 1.84 bits per heavy atom. The third-order valence-electron chi connectivity index (χ3n) is 4.99. The molecule has 1 aromatic carbocycles. The van der Waals surface area contributed by atoms with Crippen molar-refractivity contribution < 1.29 is 18.3 Å². The molecule has 1 aliphatic heterocycles.